The molecule has 11 atom stereocenters. The third kappa shape index (κ3) is 8.99. The average molecular weight is 551 g/mol. The van der Waals surface area contributed by atoms with Crippen LogP contribution in [0.5, 0.6) is 0 Å². The van der Waals surface area contributed by atoms with Crippen LogP contribution in [-0.2, 0) is 0 Å². The van der Waals surface area contributed by atoms with Gasteiger partial charge in [-0.15, -0.1) is 0 Å². The highest BCUT2D eigenvalue weighted by molar-refractivity contribution is 5.02. The highest BCUT2D eigenvalue weighted by atomic mass is 14.4. The summed E-state index contributed by atoms with van der Waals surface area (Å²) in [6.07, 6.45) is 34.3. The number of hydrogen-bond donors (Lipinski definition) is 0. The van der Waals surface area contributed by atoms with E-state index in [4.69, 9.17) is 0 Å². The van der Waals surface area contributed by atoms with Gasteiger partial charge in [0.1, 0.15) is 0 Å². The Morgan fingerprint density at radius 1 is 0.850 bits per heavy atom. The molecule has 0 nitrogen and oxygen atoms in total. The van der Waals surface area contributed by atoms with E-state index in [-0.39, 0.29) is 0 Å². The minimum atomic E-state index is 0.712. The number of allylic oxidation sites excluding steroid dienone is 3. The molecule has 0 amide bonds. The van der Waals surface area contributed by atoms with Crippen molar-refractivity contribution in [2.24, 2.45) is 65.1 Å². The highest BCUT2D eigenvalue weighted by Crippen LogP contribution is 2.47. The smallest absolute Gasteiger partial charge is 0.0202 e. The lowest BCUT2D eigenvalue weighted by atomic mass is 9.73. The number of rotatable bonds is 14. The predicted molar refractivity (Wildman–Crippen MR) is 177 cm³/mol. The fourth-order valence-corrected chi connectivity index (χ4v) is 10.3. The van der Waals surface area contributed by atoms with E-state index in [2.05, 4.69) is 53.3 Å². The zero-order chi connectivity index (χ0) is 28.5. The van der Waals surface area contributed by atoms with Gasteiger partial charge in [0.15, 0.2) is 0 Å². The maximum Gasteiger partial charge on any atom is -0.0202 e. The molecule has 4 aliphatic rings. The summed E-state index contributed by atoms with van der Waals surface area (Å²) >= 11 is 0. The molecule has 0 bridgehead atoms. The van der Waals surface area contributed by atoms with Crippen molar-refractivity contribution in [2.75, 3.05) is 0 Å². The second kappa shape index (κ2) is 16.4. The van der Waals surface area contributed by atoms with Crippen LogP contribution in [0.25, 0.3) is 0 Å². The molecule has 0 aromatic heterocycles. The molecular weight excluding hydrogens is 480 g/mol. The van der Waals surface area contributed by atoms with Gasteiger partial charge in [0.05, 0.1) is 0 Å². The molecule has 11 unspecified atom stereocenters. The average Bonchev–Trinajstić information content (AvgIpc) is 3.39. The largest absolute Gasteiger partial charge is 0.0996 e. The van der Waals surface area contributed by atoms with E-state index in [1.807, 2.05) is 0 Å². The molecule has 3 saturated carbocycles. The molecule has 4 rings (SSSR count). The Hall–Kier alpha value is -0.520. The van der Waals surface area contributed by atoms with Crippen molar-refractivity contribution in [3.63, 3.8) is 0 Å². The molecule has 0 aromatic rings. The van der Waals surface area contributed by atoms with E-state index >= 15 is 0 Å². The van der Waals surface area contributed by atoms with Crippen molar-refractivity contribution < 1.29 is 0 Å². The normalized spacial score (nSPS) is 36.9. The summed E-state index contributed by atoms with van der Waals surface area (Å²) in [5, 5.41) is 0. The molecule has 0 spiro atoms. The molecule has 4 aliphatic carbocycles. The van der Waals surface area contributed by atoms with Crippen molar-refractivity contribution in [1.29, 1.82) is 0 Å². The van der Waals surface area contributed by atoms with E-state index in [0.29, 0.717) is 5.92 Å². The summed E-state index contributed by atoms with van der Waals surface area (Å²) < 4.78 is 0. The van der Waals surface area contributed by atoms with Crippen LogP contribution in [0.1, 0.15) is 163 Å². The van der Waals surface area contributed by atoms with Gasteiger partial charge in [-0.1, -0.05) is 117 Å². The lowest BCUT2D eigenvalue weighted by Crippen LogP contribution is -2.22. The molecular formula is C40H70. The monoisotopic (exact) mass is 551 g/mol. The molecule has 0 heterocycles. The molecule has 0 aromatic carbocycles. The molecule has 230 valence electrons. The van der Waals surface area contributed by atoms with Crippen LogP contribution in [0.15, 0.2) is 24.3 Å². The van der Waals surface area contributed by atoms with Crippen LogP contribution in [-0.4, -0.2) is 0 Å². The third-order valence-electron chi connectivity index (χ3n) is 13.4. The first kappa shape index (κ1) is 32.4. The molecule has 0 heteroatoms. The van der Waals surface area contributed by atoms with E-state index in [1.54, 1.807) is 5.57 Å². The Morgan fingerprint density at radius 2 is 1.62 bits per heavy atom. The summed E-state index contributed by atoms with van der Waals surface area (Å²) in [6.45, 7) is 17.2. The van der Waals surface area contributed by atoms with Crippen LogP contribution in [0.3, 0.4) is 0 Å². The SMILES string of the molecule is C=C(CCC(CC)C1CCC2CCCCC2CC1C)C(C)CCC1CCC(C2C=CCC(C(C)CCCC)C2)C1. The van der Waals surface area contributed by atoms with Crippen LogP contribution >= 0.6 is 0 Å². The topological polar surface area (TPSA) is 0 Å². The van der Waals surface area contributed by atoms with Crippen molar-refractivity contribution in [2.45, 2.75) is 163 Å². The Morgan fingerprint density at radius 3 is 2.40 bits per heavy atom. The van der Waals surface area contributed by atoms with Gasteiger partial charge in [-0.2, -0.15) is 0 Å². The van der Waals surface area contributed by atoms with Gasteiger partial charge in [-0.25, -0.2) is 0 Å². The van der Waals surface area contributed by atoms with E-state index in [0.717, 1.165) is 59.2 Å². The quantitative estimate of drug-likeness (QED) is 0.189. The summed E-state index contributed by atoms with van der Waals surface area (Å²) in [7, 11) is 0. The van der Waals surface area contributed by atoms with Gasteiger partial charge in [-0.05, 0) is 136 Å². The molecule has 0 aliphatic heterocycles. The second-order valence-electron chi connectivity index (χ2n) is 16.0. The first-order valence-electron chi connectivity index (χ1n) is 18.7. The molecule has 0 saturated heterocycles. The fraction of sp³-hybridized carbons (Fsp3) is 0.900. The lowest BCUT2D eigenvalue weighted by molar-refractivity contribution is 0.187. The lowest BCUT2D eigenvalue weighted by Gasteiger charge is -2.33. The van der Waals surface area contributed by atoms with Gasteiger partial charge >= 0.3 is 0 Å². The van der Waals surface area contributed by atoms with Crippen LogP contribution in [0, 0.1) is 65.1 Å². The zero-order valence-electron chi connectivity index (χ0n) is 27.9. The first-order chi connectivity index (χ1) is 19.4. The van der Waals surface area contributed by atoms with Crippen LogP contribution in [0.2, 0.25) is 0 Å². The van der Waals surface area contributed by atoms with Crippen molar-refractivity contribution in [1.82, 2.24) is 0 Å². The summed E-state index contributed by atoms with van der Waals surface area (Å²) in [6, 6.07) is 0. The number of hydrogen-bond acceptors (Lipinski definition) is 0. The Kier molecular flexibility index (Phi) is 13.3. The zero-order valence-corrected chi connectivity index (χ0v) is 27.9. The molecule has 0 radical (unpaired) electrons. The number of fused-ring (bicyclic) bond motifs is 1. The maximum atomic E-state index is 4.67. The molecule has 40 heavy (non-hydrogen) atoms. The molecule has 0 N–H and O–H groups in total. The van der Waals surface area contributed by atoms with E-state index < -0.39 is 0 Å². The van der Waals surface area contributed by atoms with Gasteiger partial charge in [0.2, 0.25) is 0 Å². The minimum Gasteiger partial charge on any atom is -0.0996 e. The third-order valence-corrected chi connectivity index (χ3v) is 13.4. The van der Waals surface area contributed by atoms with Crippen LogP contribution in [0.4, 0.5) is 0 Å². The number of unbranched alkanes of at least 4 members (excludes halogenated alkanes) is 1. The van der Waals surface area contributed by atoms with Crippen LogP contribution < -0.4 is 0 Å². The van der Waals surface area contributed by atoms with E-state index in [9.17, 15) is 0 Å². The standard InChI is InChI=1S/C40H70/c1-7-9-13-31(5)36-16-12-17-38(28-36)39-23-21-33(27-39)20-18-29(3)30(4)19-22-34(8-2)40-25-24-35-14-10-11-15-37(35)26-32(40)6/h12,17,29,31-40H,4,7-11,13-16,18-28H2,1-3,5-6H3. The minimum absolute atomic E-state index is 0.712. The summed E-state index contributed by atoms with van der Waals surface area (Å²) in [4.78, 5) is 0. The van der Waals surface area contributed by atoms with Gasteiger partial charge in [0.25, 0.3) is 0 Å². The van der Waals surface area contributed by atoms with Gasteiger partial charge in [-0.3, -0.25) is 0 Å². The Bertz CT molecular complexity index is 760. The Labute approximate surface area is 252 Å². The maximum absolute atomic E-state index is 4.67. The summed E-state index contributed by atoms with van der Waals surface area (Å²) in [5.41, 5.74) is 1.57. The summed E-state index contributed by atoms with van der Waals surface area (Å²) in [5.74, 6) is 10.3. The van der Waals surface area contributed by atoms with Crippen molar-refractivity contribution >= 4 is 0 Å². The predicted octanol–water partition coefficient (Wildman–Crippen LogP) is 12.8. The molecule has 3 fully saturated rings. The van der Waals surface area contributed by atoms with Gasteiger partial charge < -0.3 is 0 Å². The van der Waals surface area contributed by atoms with Gasteiger partial charge in [0, 0.05) is 0 Å². The second-order valence-corrected chi connectivity index (χ2v) is 16.0. The Balaban J connectivity index is 1.16. The van der Waals surface area contributed by atoms with Crippen molar-refractivity contribution in [3.8, 4) is 0 Å². The highest BCUT2D eigenvalue weighted by Gasteiger charge is 2.36. The van der Waals surface area contributed by atoms with E-state index in [1.165, 1.54) is 128 Å². The fourth-order valence-electron chi connectivity index (χ4n) is 10.3. The van der Waals surface area contributed by atoms with Crippen molar-refractivity contribution in [3.05, 3.63) is 24.3 Å². The first-order valence-corrected chi connectivity index (χ1v) is 18.7.